The van der Waals surface area contributed by atoms with Crippen LogP contribution in [-0.2, 0) is 0 Å². The summed E-state index contributed by atoms with van der Waals surface area (Å²) < 4.78 is 5.75. The molecule has 0 amide bonds. The number of benzene rings is 1. The Hall–Kier alpha value is -1.30. The number of methoxy groups -OCH3 is 1. The Balaban J connectivity index is 3.68. The van der Waals surface area contributed by atoms with Gasteiger partial charge >= 0.3 is 0 Å². The molecule has 0 aliphatic carbocycles. The van der Waals surface area contributed by atoms with Gasteiger partial charge in [-0.3, -0.25) is 10.1 Å². The molecule has 1 rings (SSSR count). The number of nitro benzene ring substituents is 1. The lowest BCUT2D eigenvalue weighted by Gasteiger charge is -2.12. The summed E-state index contributed by atoms with van der Waals surface area (Å²) in [6.45, 7) is 3.31. The van der Waals surface area contributed by atoms with Crippen molar-refractivity contribution in [3.05, 3.63) is 25.7 Å². The van der Waals surface area contributed by atoms with Crippen LogP contribution in [0.2, 0.25) is 0 Å². The van der Waals surface area contributed by atoms with E-state index in [1.54, 1.807) is 13.8 Å². The molecule has 2 N–H and O–H groups in total. The number of rotatable bonds is 2. The number of hydrogen-bond acceptors (Lipinski definition) is 4. The quantitative estimate of drug-likeness (QED) is 0.511. The number of ether oxygens (including phenoxy) is 1. The molecule has 0 unspecified atom stereocenters. The van der Waals surface area contributed by atoms with Crippen molar-refractivity contribution < 1.29 is 9.66 Å². The van der Waals surface area contributed by atoms with E-state index >= 15 is 0 Å². The van der Waals surface area contributed by atoms with Gasteiger partial charge in [-0.15, -0.1) is 0 Å². The number of nitro groups is 1. The van der Waals surface area contributed by atoms with E-state index in [0.717, 1.165) is 0 Å². The first-order valence-corrected chi connectivity index (χ1v) is 4.97. The summed E-state index contributed by atoms with van der Waals surface area (Å²) >= 11 is 3.30. The van der Waals surface area contributed by atoms with Crippen molar-refractivity contribution in [2.24, 2.45) is 0 Å². The summed E-state index contributed by atoms with van der Waals surface area (Å²) in [5, 5.41) is 10.8. The van der Waals surface area contributed by atoms with Crippen LogP contribution in [0.5, 0.6) is 5.75 Å². The van der Waals surface area contributed by atoms with Gasteiger partial charge in [-0.05, 0) is 35.3 Å². The van der Waals surface area contributed by atoms with Crippen LogP contribution in [0.4, 0.5) is 11.4 Å². The van der Waals surface area contributed by atoms with Crippen molar-refractivity contribution in [3.8, 4) is 5.75 Å². The molecule has 6 heteroatoms. The minimum absolute atomic E-state index is 0.0902. The largest absolute Gasteiger partial charge is 0.495 e. The van der Waals surface area contributed by atoms with Crippen LogP contribution in [-0.4, -0.2) is 12.0 Å². The Bertz CT molecular complexity index is 432. The molecule has 0 aliphatic rings. The molecule has 0 aromatic heterocycles. The molecule has 0 aliphatic heterocycles. The van der Waals surface area contributed by atoms with E-state index in [-0.39, 0.29) is 11.4 Å². The molecule has 1 aromatic carbocycles. The van der Waals surface area contributed by atoms with Crippen molar-refractivity contribution in [1.29, 1.82) is 0 Å². The lowest BCUT2D eigenvalue weighted by atomic mass is 10.1. The van der Waals surface area contributed by atoms with E-state index in [1.165, 1.54) is 7.11 Å². The average Bonchev–Trinajstić information content (AvgIpc) is 2.15. The van der Waals surface area contributed by atoms with Crippen LogP contribution in [0, 0.1) is 24.0 Å². The van der Waals surface area contributed by atoms with Gasteiger partial charge in [0.2, 0.25) is 0 Å². The van der Waals surface area contributed by atoms with Gasteiger partial charge < -0.3 is 10.5 Å². The zero-order chi connectivity index (χ0) is 11.7. The highest BCUT2D eigenvalue weighted by Gasteiger charge is 2.24. The van der Waals surface area contributed by atoms with Crippen LogP contribution >= 0.6 is 15.9 Å². The van der Waals surface area contributed by atoms with Crippen LogP contribution < -0.4 is 10.5 Å². The Morgan fingerprint density at radius 1 is 1.40 bits per heavy atom. The van der Waals surface area contributed by atoms with Gasteiger partial charge in [0.1, 0.15) is 11.4 Å². The molecular weight excluding hydrogens is 264 g/mol. The number of nitrogen functional groups attached to an aromatic ring is 1. The number of hydrogen-bond donors (Lipinski definition) is 1. The van der Waals surface area contributed by atoms with E-state index in [1.807, 2.05) is 0 Å². The first-order chi connectivity index (χ1) is 6.91. The van der Waals surface area contributed by atoms with Crippen LogP contribution in [0.15, 0.2) is 4.47 Å². The SMILES string of the molecule is COc1c(C)c([N+](=O)[O-])c(N)c(C)c1Br. The highest BCUT2D eigenvalue weighted by Crippen LogP contribution is 2.42. The van der Waals surface area contributed by atoms with Crippen molar-refractivity contribution in [3.63, 3.8) is 0 Å². The molecule has 0 fully saturated rings. The molecule has 1 aromatic rings. The topological polar surface area (TPSA) is 78.4 Å². The lowest BCUT2D eigenvalue weighted by Crippen LogP contribution is -2.03. The molecule has 15 heavy (non-hydrogen) atoms. The number of nitrogens with two attached hydrogens (primary N) is 1. The van der Waals surface area contributed by atoms with Gasteiger partial charge in [0.15, 0.2) is 0 Å². The average molecular weight is 275 g/mol. The Morgan fingerprint density at radius 2 is 1.93 bits per heavy atom. The van der Waals surface area contributed by atoms with E-state index < -0.39 is 4.92 Å². The van der Waals surface area contributed by atoms with Gasteiger partial charge in [0.25, 0.3) is 5.69 Å². The molecule has 0 saturated heterocycles. The third kappa shape index (κ3) is 1.77. The first-order valence-electron chi connectivity index (χ1n) is 4.18. The Morgan fingerprint density at radius 3 is 2.33 bits per heavy atom. The monoisotopic (exact) mass is 274 g/mol. The predicted molar refractivity (Wildman–Crippen MR) is 61.2 cm³/mol. The summed E-state index contributed by atoms with van der Waals surface area (Å²) in [5.74, 6) is 0.452. The van der Waals surface area contributed by atoms with Gasteiger partial charge in [-0.25, -0.2) is 0 Å². The second-order valence-electron chi connectivity index (χ2n) is 3.12. The minimum Gasteiger partial charge on any atom is -0.495 e. The number of nitrogens with zero attached hydrogens (tertiary/aromatic N) is 1. The lowest BCUT2D eigenvalue weighted by molar-refractivity contribution is -0.384. The molecule has 5 nitrogen and oxygen atoms in total. The molecule has 0 saturated carbocycles. The molecule has 0 spiro atoms. The minimum atomic E-state index is -0.493. The summed E-state index contributed by atoms with van der Waals surface area (Å²) in [7, 11) is 1.46. The van der Waals surface area contributed by atoms with E-state index in [0.29, 0.717) is 21.3 Å². The second-order valence-corrected chi connectivity index (χ2v) is 3.91. The van der Waals surface area contributed by atoms with Crippen LogP contribution in [0.3, 0.4) is 0 Å². The maximum Gasteiger partial charge on any atom is 0.299 e. The summed E-state index contributed by atoms with van der Waals surface area (Å²) in [6.07, 6.45) is 0. The van der Waals surface area contributed by atoms with Crippen molar-refractivity contribution in [2.45, 2.75) is 13.8 Å². The van der Waals surface area contributed by atoms with Gasteiger partial charge in [-0.2, -0.15) is 0 Å². The predicted octanol–water partition coefficient (Wildman–Crippen LogP) is 2.56. The molecule has 0 radical (unpaired) electrons. The smallest absolute Gasteiger partial charge is 0.299 e. The molecule has 0 heterocycles. The number of anilines is 1. The van der Waals surface area contributed by atoms with E-state index in [9.17, 15) is 10.1 Å². The molecule has 82 valence electrons. The summed E-state index contributed by atoms with van der Waals surface area (Å²) in [4.78, 5) is 10.3. The fourth-order valence-corrected chi connectivity index (χ4v) is 2.09. The third-order valence-electron chi connectivity index (χ3n) is 2.27. The van der Waals surface area contributed by atoms with Crippen molar-refractivity contribution in [2.75, 3.05) is 12.8 Å². The summed E-state index contributed by atoms with van der Waals surface area (Å²) in [6, 6.07) is 0. The molecule has 0 bridgehead atoms. The second kappa shape index (κ2) is 4.06. The summed E-state index contributed by atoms with van der Waals surface area (Å²) in [5.41, 5.74) is 6.81. The maximum atomic E-state index is 10.8. The molecular formula is C9H11BrN2O3. The molecule has 0 atom stereocenters. The van der Waals surface area contributed by atoms with E-state index in [4.69, 9.17) is 10.5 Å². The highest BCUT2D eigenvalue weighted by molar-refractivity contribution is 9.10. The van der Waals surface area contributed by atoms with Gasteiger partial charge in [-0.1, -0.05) is 0 Å². The van der Waals surface area contributed by atoms with Crippen molar-refractivity contribution in [1.82, 2.24) is 0 Å². The Kier molecular flexibility index (Phi) is 3.18. The fourth-order valence-electron chi connectivity index (χ4n) is 1.42. The van der Waals surface area contributed by atoms with Gasteiger partial charge in [0.05, 0.1) is 22.1 Å². The van der Waals surface area contributed by atoms with Crippen molar-refractivity contribution >= 4 is 27.3 Å². The highest BCUT2D eigenvalue weighted by atomic mass is 79.9. The van der Waals surface area contributed by atoms with Gasteiger partial charge in [0, 0.05) is 0 Å². The standard InChI is InChI=1S/C9H11BrN2O3/c1-4-6(10)9(15-3)5(2)8(7(4)11)12(13)14/h11H2,1-3H3. The number of halogens is 1. The fraction of sp³-hybridized carbons (Fsp3) is 0.333. The van der Waals surface area contributed by atoms with Crippen LogP contribution in [0.1, 0.15) is 11.1 Å². The van der Waals surface area contributed by atoms with E-state index in [2.05, 4.69) is 15.9 Å². The third-order valence-corrected chi connectivity index (χ3v) is 3.23. The first kappa shape index (κ1) is 11.8. The zero-order valence-electron chi connectivity index (χ0n) is 8.63. The normalized spacial score (nSPS) is 10.1. The van der Waals surface area contributed by atoms with Crippen LogP contribution in [0.25, 0.3) is 0 Å². The Labute approximate surface area is 95.5 Å². The maximum absolute atomic E-state index is 10.8. The zero-order valence-corrected chi connectivity index (χ0v) is 10.2.